The first-order chi connectivity index (χ1) is 9.40. The molecule has 0 fully saturated rings. The second-order valence-electron chi connectivity index (χ2n) is 4.74. The summed E-state index contributed by atoms with van der Waals surface area (Å²) in [6, 6.07) is 5.69. The molecule has 0 N–H and O–H groups in total. The van der Waals surface area contributed by atoms with Crippen LogP contribution >= 0.6 is 0 Å². The Kier molecular flexibility index (Phi) is 5.53. The third kappa shape index (κ3) is 4.47. The van der Waals surface area contributed by atoms with Gasteiger partial charge in [-0.2, -0.15) is 4.98 Å². The van der Waals surface area contributed by atoms with E-state index in [2.05, 4.69) is 22.0 Å². The SMILES string of the molecule is CCCCCCCCc1nc(-c2ccccn2)no1. The summed E-state index contributed by atoms with van der Waals surface area (Å²) < 4.78 is 5.25. The van der Waals surface area contributed by atoms with Gasteiger partial charge in [-0.15, -0.1) is 0 Å². The average Bonchev–Trinajstić information content (AvgIpc) is 2.92. The lowest BCUT2D eigenvalue weighted by atomic mass is 10.1. The van der Waals surface area contributed by atoms with Gasteiger partial charge in [-0.05, 0) is 18.6 Å². The number of nitrogens with zero attached hydrogens (tertiary/aromatic N) is 3. The molecule has 2 aromatic rings. The summed E-state index contributed by atoms with van der Waals surface area (Å²) in [6.07, 6.45) is 10.2. The van der Waals surface area contributed by atoms with Crippen molar-refractivity contribution in [3.8, 4) is 11.5 Å². The van der Waals surface area contributed by atoms with E-state index in [0.717, 1.165) is 24.4 Å². The van der Waals surface area contributed by atoms with Crippen molar-refractivity contribution < 1.29 is 4.52 Å². The highest BCUT2D eigenvalue weighted by Crippen LogP contribution is 2.14. The van der Waals surface area contributed by atoms with Crippen LogP contribution in [0, 0.1) is 0 Å². The largest absolute Gasteiger partial charge is 0.339 e. The van der Waals surface area contributed by atoms with Gasteiger partial charge in [0.15, 0.2) is 0 Å². The van der Waals surface area contributed by atoms with Crippen molar-refractivity contribution in [3.63, 3.8) is 0 Å². The molecule has 0 saturated carbocycles. The molecule has 2 heterocycles. The predicted molar refractivity (Wildman–Crippen MR) is 74.6 cm³/mol. The smallest absolute Gasteiger partial charge is 0.227 e. The summed E-state index contributed by atoms with van der Waals surface area (Å²) in [7, 11) is 0. The van der Waals surface area contributed by atoms with E-state index in [9.17, 15) is 0 Å². The number of hydrogen-bond donors (Lipinski definition) is 0. The van der Waals surface area contributed by atoms with Crippen LogP contribution in [0.5, 0.6) is 0 Å². The molecule has 0 saturated heterocycles. The molecule has 0 atom stereocenters. The lowest BCUT2D eigenvalue weighted by Gasteiger charge is -1.97. The van der Waals surface area contributed by atoms with Crippen molar-refractivity contribution in [1.29, 1.82) is 0 Å². The second kappa shape index (κ2) is 7.67. The van der Waals surface area contributed by atoms with Gasteiger partial charge in [-0.3, -0.25) is 4.98 Å². The van der Waals surface area contributed by atoms with E-state index >= 15 is 0 Å². The first-order valence-electron chi connectivity index (χ1n) is 7.14. The molecule has 4 nitrogen and oxygen atoms in total. The molecule has 0 aliphatic heterocycles. The van der Waals surface area contributed by atoms with Crippen LogP contribution in [0.4, 0.5) is 0 Å². The van der Waals surface area contributed by atoms with Crippen molar-refractivity contribution >= 4 is 0 Å². The predicted octanol–water partition coefficient (Wildman–Crippen LogP) is 4.03. The lowest BCUT2D eigenvalue weighted by Crippen LogP contribution is -1.88. The third-order valence-corrected chi connectivity index (χ3v) is 3.11. The van der Waals surface area contributed by atoms with Crippen molar-refractivity contribution in [2.24, 2.45) is 0 Å². The molecular weight excluding hydrogens is 238 g/mol. The molecule has 0 unspecified atom stereocenters. The van der Waals surface area contributed by atoms with E-state index < -0.39 is 0 Å². The molecular formula is C15H21N3O. The highest BCUT2D eigenvalue weighted by Gasteiger charge is 2.08. The van der Waals surface area contributed by atoms with Crippen LogP contribution in [0.25, 0.3) is 11.5 Å². The quantitative estimate of drug-likeness (QED) is 0.671. The van der Waals surface area contributed by atoms with E-state index in [1.165, 1.54) is 32.1 Å². The Bertz CT molecular complexity index is 467. The number of aryl methyl sites for hydroxylation is 1. The molecule has 0 bridgehead atoms. The molecule has 2 aromatic heterocycles. The van der Waals surface area contributed by atoms with Crippen LogP contribution in [0.2, 0.25) is 0 Å². The molecule has 19 heavy (non-hydrogen) atoms. The van der Waals surface area contributed by atoms with Crippen molar-refractivity contribution in [3.05, 3.63) is 30.3 Å². The van der Waals surface area contributed by atoms with Gasteiger partial charge in [0.2, 0.25) is 11.7 Å². The molecule has 0 spiro atoms. The van der Waals surface area contributed by atoms with E-state index in [0.29, 0.717) is 5.82 Å². The summed E-state index contributed by atoms with van der Waals surface area (Å²) >= 11 is 0. The summed E-state index contributed by atoms with van der Waals surface area (Å²) in [4.78, 5) is 8.58. The molecule has 102 valence electrons. The second-order valence-corrected chi connectivity index (χ2v) is 4.74. The highest BCUT2D eigenvalue weighted by atomic mass is 16.5. The highest BCUT2D eigenvalue weighted by molar-refractivity contribution is 5.46. The van der Waals surface area contributed by atoms with Crippen LogP contribution in [0.3, 0.4) is 0 Å². The van der Waals surface area contributed by atoms with E-state index in [1.807, 2.05) is 18.2 Å². The molecule has 0 aliphatic carbocycles. The fourth-order valence-corrected chi connectivity index (χ4v) is 2.01. The normalized spacial score (nSPS) is 10.8. The topological polar surface area (TPSA) is 51.8 Å². The Morgan fingerprint density at radius 1 is 1.05 bits per heavy atom. The zero-order valence-corrected chi connectivity index (χ0v) is 11.5. The Labute approximate surface area is 114 Å². The summed E-state index contributed by atoms with van der Waals surface area (Å²) in [5, 5.41) is 3.97. The van der Waals surface area contributed by atoms with Gasteiger partial charge in [-0.25, -0.2) is 0 Å². The molecule has 0 aromatic carbocycles. The Morgan fingerprint density at radius 3 is 2.68 bits per heavy atom. The van der Waals surface area contributed by atoms with Gasteiger partial charge in [-0.1, -0.05) is 50.3 Å². The molecule has 4 heteroatoms. The number of hydrogen-bond acceptors (Lipinski definition) is 4. The molecule has 0 radical (unpaired) electrons. The van der Waals surface area contributed by atoms with E-state index in [4.69, 9.17) is 4.52 Å². The van der Waals surface area contributed by atoms with Gasteiger partial charge < -0.3 is 4.52 Å². The fraction of sp³-hybridized carbons (Fsp3) is 0.533. The lowest BCUT2D eigenvalue weighted by molar-refractivity contribution is 0.373. The zero-order chi connectivity index (χ0) is 13.3. The Hall–Kier alpha value is -1.71. The molecule has 2 rings (SSSR count). The third-order valence-electron chi connectivity index (χ3n) is 3.11. The van der Waals surface area contributed by atoms with Crippen molar-refractivity contribution in [1.82, 2.24) is 15.1 Å². The fourth-order valence-electron chi connectivity index (χ4n) is 2.01. The number of rotatable bonds is 8. The van der Waals surface area contributed by atoms with Crippen molar-refractivity contribution in [2.75, 3.05) is 0 Å². The Morgan fingerprint density at radius 2 is 1.89 bits per heavy atom. The molecule has 0 aliphatic rings. The summed E-state index contributed by atoms with van der Waals surface area (Å²) in [6.45, 7) is 2.23. The van der Waals surface area contributed by atoms with Gasteiger partial charge >= 0.3 is 0 Å². The van der Waals surface area contributed by atoms with Gasteiger partial charge in [0, 0.05) is 12.6 Å². The van der Waals surface area contributed by atoms with Gasteiger partial charge in [0.05, 0.1) is 0 Å². The maximum atomic E-state index is 5.25. The van der Waals surface area contributed by atoms with E-state index in [-0.39, 0.29) is 0 Å². The van der Waals surface area contributed by atoms with Gasteiger partial charge in [0.1, 0.15) is 5.69 Å². The zero-order valence-electron chi connectivity index (χ0n) is 11.5. The van der Waals surface area contributed by atoms with Crippen LogP contribution in [-0.2, 0) is 6.42 Å². The van der Waals surface area contributed by atoms with Crippen molar-refractivity contribution in [2.45, 2.75) is 51.9 Å². The average molecular weight is 259 g/mol. The van der Waals surface area contributed by atoms with Crippen LogP contribution < -0.4 is 0 Å². The standard InChI is InChI=1S/C15H21N3O/c1-2-3-4-5-6-7-11-14-17-15(18-19-14)13-10-8-9-12-16-13/h8-10,12H,2-7,11H2,1H3. The first kappa shape index (κ1) is 13.7. The first-order valence-corrected chi connectivity index (χ1v) is 7.14. The summed E-state index contributed by atoms with van der Waals surface area (Å²) in [5.41, 5.74) is 0.764. The minimum Gasteiger partial charge on any atom is -0.339 e. The van der Waals surface area contributed by atoms with Crippen LogP contribution in [-0.4, -0.2) is 15.1 Å². The van der Waals surface area contributed by atoms with E-state index in [1.54, 1.807) is 6.20 Å². The maximum Gasteiger partial charge on any atom is 0.227 e. The van der Waals surface area contributed by atoms with Gasteiger partial charge in [0.25, 0.3) is 0 Å². The Balaban J connectivity index is 1.75. The maximum absolute atomic E-state index is 5.25. The minimum atomic E-state index is 0.585. The number of unbranched alkanes of at least 4 members (excludes halogenated alkanes) is 5. The molecule has 0 amide bonds. The summed E-state index contributed by atoms with van der Waals surface area (Å²) in [5.74, 6) is 1.30. The monoisotopic (exact) mass is 259 g/mol. The minimum absolute atomic E-state index is 0.585. The van der Waals surface area contributed by atoms with Crippen LogP contribution in [0.1, 0.15) is 51.3 Å². The number of pyridine rings is 1. The number of aromatic nitrogens is 3. The van der Waals surface area contributed by atoms with Crippen LogP contribution in [0.15, 0.2) is 28.9 Å².